The van der Waals surface area contributed by atoms with E-state index in [1.54, 1.807) is 18.7 Å². The van der Waals surface area contributed by atoms with Gasteiger partial charge in [-0.1, -0.05) is 0 Å². The number of amides is 1. The van der Waals surface area contributed by atoms with Crippen molar-refractivity contribution in [1.29, 1.82) is 0 Å². The van der Waals surface area contributed by atoms with Gasteiger partial charge in [-0.15, -0.1) is 0 Å². The lowest BCUT2D eigenvalue weighted by Crippen LogP contribution is -2.43. The fraction of sp³-hybridized carbons (Fsp3) is 0.643. The van der Waals surface area contributed by atoms with Gasteiger partial charge in [0.25, 0.3) is 5.91 Å². The molecule has 7 nitrogen and oxygen atoms in total. The number of hydrogen-bond acceptors (Lipinski definition) is 5. The third-order valence-corrected chi connectivity index (χ3v) is 3.61. The van der Waals surface area contributed by atoms with E-state index in [-0.39, 0.29) is 18.4 Å². The summed E-state index contributed by atoms with van der Waals surface area (Å²) in [7, 11) is 0. The van der Waals surface area contributed by atoms with Crippen molar-refractivity contribution >= 4 is 11.9 Å². The number of carbonyl (C=O) groups excluding carboxylic acids is 1. The van der Waals surface area contributed by atoms with Crippen LogP contribution >= 0.6 is 0 Å². The van der Waals surface area contributed by atoms with E-state index < -0.39 is 5.97 Å². The average molecular weight is 295 g/mol. The van der Waals surface area contributed by atoms with Crippen molar-refractivity contribution in [3.8, 4) is 0 Å². The van der Waals surface area contributed by atoms with Crippen molar-refractivity contribution < 1.29 is 19.1 Å². The van der Waals surface area contributed by atoms with Gasteiger partial charge >= 0.3 is 5.97 Å². The van der Waals surface area contributed by atoms with Gasteiger partial charge in [0.05, 0.1) is 12.2 Å². The zero-order valence-electron chi connectivity index (χ0n) is 12.4. The van der Waals surface area contributed by atoms with Crippen LogP contribution in [-0.4, -0.2) is 53.0 Å². The second kappa shape index (κ2) is 6.71. The Bertz CT molecular complexity index is 526. The fourth-order valence-electron chi connectivity index (χ4n) is 2.67. The molecule has 1 aromatic heterocycles. The zero-order chi connectivity index (χ0) is 15.4. The molecule has 1 aliphatic heterocycles. The van der Waals surface area contributed by atoms with Gasteiger partial charge < -0.3 is 19.7 Å². The van der Waals surface area contributed by atoms with E-state index in [1.807, 2.05) is 0 Å². The molecule has 1 aliphatic rings. The SMILES string of the molecule is Cc1nc(C)c(C(=O)N2CCCC(CNCC(=O)O)C2)o1. The minimum atomic E-state index is -0.869. The van der Waals surface area contributed by atoms with Crippen LogP contribution < -0.4 is 5.32 Å². The quantitative estimate of drug-likeness (QED) is 0.835. The first-order valence-electron chi connectivity index (χ1n) is 7.13. The normalized spacial score (nSPS) is 18.8. The molecular weight excluding hydrogens is 274 g/mol. The second-order valence-corrected chi connectivity index (χ2v) is 5.43. The maximum Gasteiger partial charge on any atom is 0.317 e. The number of rotatable bonds is 5. The molecule has 1 amide bonds. The molecule has 0 saturated carbocycles. The van der Waals surface area contributed by atoms with E-state index in [0.29, 0.717) is 37.0 Å². The van der Waals surface area contributed by atoms with Gasteiger partial charge in [0.1, 0.15) is 0 Å². The van der Waals surface area contributed by atoms with Crippen molar-refractivity contribution in [2.24, 2.45) is 5.92 Å². The molecule has 0 spiro atoms. The van der Waals surface area contributed by atoms with Crippen LogP contribution in [0.3, 0.4) is 0 Å². The van der Waals surface area contributed by atoms with E-state index in [0.717, 1.165) is 12.8 Å². The molecule has 1 atom stereocenters. The summed E-state index contributed by atoms with van der Waals surface area (Å²) in [4.78, 5) is 28.8. The molecule has 116 valence electrons. The number of carboxylic acids is 1. The lowest BCUT2D eigenvalue weighted by molar-refractivity contribution is -0.136. The Hall–Kier alpha value is -1.89. The third-order valence-electron chi connectivity index (χ3n) is 3.61. The first-order valence-corrected chi connectivity index (χ1v) is 7.13. The summed E-state index contributed by atoms with van der Waals surface area (Å²) >= 11 is 0. The highest BCUT2D eigenvalue weighted by Crippen LogP contribution is 2.20. The molecule has 1 unspecified atom stereocenters. The Labute approximate surface area is 123 Å². The Morgan fingerprint density at radius 2 is 2.24 bits per heavy atom. The van der Waals surface area contributed by atoms with Gasteiger partial charge in [-0.2, -0.15) is 0 Å². The van der Waals surface area contributed by atoms with Gasteiger partial charge in [0, 0.05) is 26.6 Å². The van der Waals surface area contributed by atoms with Crippen LogP contribution in [0.2, 0.25) is 0 Å². The largest absolute Gasteiger partial charge is 0.480 e. The third kappa shape index (κ3) is 4.04. The average Bonchev–Trinajstić information content (AvgIpc) is 2.77. The number of aryl methyl sites for hydroxylation is 2. The van der Waals surface area contributed by atoms with Crippen LogP contribution in [0.1, 0.15) is 35.0 Å². The summed E-state index contributed by atoms with van der Waals surface area (Å²) in [6.07, 6.45) is 1.90. The Balaban J connectivity index is 1.92. The van der Waals surface area contributed by atoms with Crippen LogP contribution in [0, 0.1) is 19.8 Å². The number of hydrogen-bond donors (Lipinski definition) is 2. The number of aromatic nitrogens is 1. The molecule has 2 rings (SSSR count). The van der Waals surface area contributed by atoms with Gasteiger partial charge in [-0.05, 0) is 25.7 Å². The number of piperidine rings is 1. The Morgan fingerprint density at radius 3 is 2.86 bits per heavy atom. The molecular formula is C14H21N3O4. The molecule has 1 aromatic rings. The molecule has 0 aromatic carbocycles. The standard InChI is InChI=1S/C14H21N3O4/c1-9-13(21-10(2)16-9)14(20)17-5-3-4-11(8-17)6-15-7-12(18)19/h11,15H,3-8H2,1-2H3,(H,18,19). The number of nitrogens with zero attached hydrogens (tertiary/aromatic N) is 2. The number of aliphatic carboxylic acids is 1. The highest BCUT2D eigenvalue weighted by Gasteiger charge is 2.27. The topological polar surface area (TPSA) is 95.7 Å². The summed E-state index contributed by atoms with van der Waals surface area (Å²) in [5.41, 5.74) is 0.614. The molecule has 2 heterocycles. The number of oxazole rings is 1. The van der Waals surface area contributed by atoms with Gasteiger partial charge in [0.2, 0.25) is 5.76 Å². The molecule has 1 saturated heterocycles. The lowest BCUT2D eigenvalue weighted by atomic mass is 9.97. The van der Waals surface area contributed by atoms with E-state index in [1.165, 1.54) is 0 Å². The summed E-state index contributed by atoms with van der Waals surface area (Å²) in [5, 5.41) is 11.5. The summed E-state index contributed by atoms with van der Waals surface area (Å²) in [6.45, 7) is 5.35. The minimum Gasteiger partial charge on any atom is -0.480 e. The van der Waals surface area contributed by atoms with Gasteiger partial charge in [-0.3, -0.25) is 9.59 Å². The Kier molecular flexibility index (Phi) is 4.95. The van der Waals surface area contributed by atoms with Gasteiger partial charge in [0.15, 0.2) is 5.89 Å². The zero-order valence-corrected chi connectivity index (χ0v) is 12.4. The van der Waals surface area contributed by atoms with Crippen molar-refractivity contribution in [3.05, 3.63) is 17.3 Å². The smallest absolute Gasteiger partial charge is 0.317 e. The molecule has 7 heteroatoms. The maximum absolute atomic E-state index is 12.4. The fourth-order valence-corrected chi connectivity index (χ4v) is 2.67. The highest BCUT2D eigenvalue weighted by molar-refractivity contribution is 5.92. The van der Waals surface area contributed by atoms with Crippen molar-refractivity contribution in [2.75, 3.05) is 26.2 Å². The second-order valence-electron chi connectivity index (χ2n) is 5.43. The van der Waals surface area contributed by atoms with Crippen LogP contribution in [0.5, 0.6) is 0 Å². The van der Waals surface area contributed by atoms with Crippen LogP contribution in [0.25, 0.3) is 0 Å². The lowest BCUT2D eigenvalue weighted by Gasteiger charge is -2.32. The highest BCUT2D eigenvalue weighted by atomic mass is 16.4. The first kappa shape index (κ1) is 15.5. The van der Waals surface area contributed by atoms with E-state index >= 15 is 0 Å². The number of nitrogens with one attached hydrogen (secondary N) is 1. The van der Waals surface area contributed by atoms with Crippen LogP contribution in [0.4, 0.5) is 0 Å². The van der Waals surface area contributed by atoms with Crippen molar-refractivity contribution in [3.63, 3.8) is 0 Å². The monoisotopic (exact) mass is 295 g/mol. The number of likely N-dealkylation sites (tertiary alicyclic amines) is 1. The van der Waals surface area contributed by atoms with Crippen LogP contribution in [-0.2, 0) is 4.79 Å². The maximum atomic E-state index is 12.4. The van der Waals surface area contributed by atoms with E-state index in [2.05, 4.69) is 10.3 Å². The molecule has 21 heavy (non-hydrogen) atoms. The van der Waals surface area contributed by atoms with Crippen molar-refractivity contribution in [1.82, 2.24) is 15.2 Å². The molecule has 0 radical (unpaired) electrons. The number of carbonyl (C=O) groups is 2. The predicted molar refractivity (Wildman–Crippen MR) is 75.1 cm³/mol. The van der Waals surface area contributed by atoms with E-state index in [4.69, 9.17) is 9.52 Å². The molecule has 2 N–H and O–H groups in total. The predicted octanol–water partition coefficient (Wildman–Crippen LogP) is 0.818. The van der Waals surface area contributed by atoms with E-state index in [9.17, 15) is 9.59 Å². The van der Waals surface area contributed by atoms with Crippen LogP contribution in [0.15, 0.2) is 4.42 Å². The summed E-state index contributed by atoms with van der Waals surface area (Å²) < 4.78 is 5.38. The van der Waals surface area contributed by atoms with Gasteiger partial charge in [-0.25, -0.2) is 4.98 Å². The number of carboxylic acid groups (broad SMARTS) is 1. The minimum absolute atomic E-state index is 0.0507. The first-order chi connectivity index (χ1) is 9.97. The molecule has 0 bridgehead atoms. The summed E-state index contributed by atoms with van der Waals surface area (Å²) in [6, 6.07) is 0. The molecule has 1 fully saturated rings. The Morgan fingerprint density at radius 1 is 1.48 bits per heavy atom. The molecule has 0 aliphatic carbocycles. The van der Waals surface area contributed by atoms with Crippen molar-refractivity contribution in [2.45, 2.75) is 26.7 Å². The summed E-state index contributed by atoms with van der Waals surface area (Å²) in [5.74, 6) is 0.0769.